The molecule has 1 aromatic carbocycles. The van der Waals surface area contributed by atoms with Gasteiger partial charge in [-0.2, -0.15) is 0 Å². The van der Waals surface area contributed by atoms with E-state index in [0.29, 0.717) is 12.6 Å². The molecule has 0 aliphatic heterocycles. The normalized spacial score (nSPS) is 15.1. The first-order valence-corrected chi connectivity index (χ1v) is 7.04. The number of guanidine groups is 1. The molecule has 0 unspecified atom stereocenters. The van der Waals surface area contributed by atoms with Crippen LogP contribution in [0, 0.1) is 5.82 Å². The largest absolute Gasteiger partial charge is 0.353 e. The van der Waals surface area contributed by atoms with Gasteiger partial charge in [-0.05, 0) is 36.6 Å². The summed E-state index contributed by atoms with van der Waals surface area (Å²) in [6.07, 6.45) is 6.36. The Balaban J connectivity index is 0.00000200. The third-order valence-electron chi connectivity index (χ3n) is 3.03. The van der Waals surface area contributed by atoms with E-state index < -0.39 is 0 Å². The molecule has 0 radical (unpaired) electrons. The summed E-state index contributed by atoms with van der Waals surface area (Å²) in [7, 11) is 1.73. The highest BCUT2D eigenvalue weighted by atomic mass is 127. The van der Waals surface area contributed by atoms with Crippen LogP contribution in [-0.4, -0.2) is 19.0 Å². The molecule has 0 spiro atoms. The van der Waals surface area contributed by atoms with Gasteiger partial charge in [0.1, 0.15) is 5.82 Å². The van der Waals surface area contributed by atoms with Gasteiger partial charge in [-0.3, -0.25) is 4.99 Å². The Morgan fingerprint density at radius 2 is 2.10 bits per heavy atom. The number of hydrogen-bond donors (Lipinski definition) is 2. The Morgan fingerprint density at radius 3 is 2.75 bits per heavy atom. The van der Waals surface area contributed by atoms with Gasteiger partial charge in [-0.15, -0.1) is 24.0 Å². The van der Waals surface area contributed by atoms with Crippen LogP contribution in [0.1, 0.15) is 18.4 Å². The molecule has 0 saturated heterocycles. The minimum absolute atomic E-state index is 0. The van der Waals surface area contributed by atoms with E-state index in [2.05, 4.69) is 43.7 Å². The van der Waals surface area contributed by atoms with Crippen molar-refractivity contribution in [1.82, 2.24) is 10.6 Å². The molecule has 0 amide bonds. The summed E-state index contributed by atoms with van der Waals surface area (Å²) in [4.78, 5) is 4.18. The maximum Gasteiger partial charge on any atom is 0.191 e. The van der Waals surface area contributed by atoms with Crippen LogP contribution in [0.25, 0.3) is 0 Å². The van der Waals surface area contributed by atoms with Crippen molar-refractivity contribution in [3.8, 4) is 0 Å². The Bertz CT molecular complexity index is 497. The second-order valence-corrected chi connectivity index (χ2v) is 5.30. The maximum atomic E-state index is 13.2. The third-order valence-corrected chi connectivity index (χ3v) is 3.80. The van der Waals surface area contributed by atoms with Crippen LogP contribution in [0.15, 0.2) is 39.8 Å². The molecule has 0 atom stereocenters. The van der Waals surface area contributed by atoms with Gasteiger partial charge in [0.2, 0.25) is 0 Å². The van der Waals surface area contributed by atoms with Gasteiger partial charge in [0.05, 0.1) is 0 Å². The van der Waals surface area contributed by atoms with Crippen molar-refractivity contribution in [1.29, 1.82) is 0 Å². The third kappa shape index (κ3) is 5.05. The van der Waals surface area contributed by atoms with Crippen LogP contribution in [-0.2, 0) is 6.54 Å². The SMILES string of the molecule is CN=C(NCc1cc(F)ccc1Br)NC1CC=CC1.I. The predicted molar refractivity (Wildman–Crippen MR) is 95.0 cm³/mol. The number of rotatable bonds is 3. The van der Waals surface area contributed by atoms with Crippen LogP contribution < -0.4 is 10.6 Å². The highest BCUT2D eigenvalue weighted by Crippen LogP contribution is 2.17. The van der Waals surface area contributed by atoms with Crippen molar-refractivity contribution in [2.24, 2.45) is 4.99 Å². The van der Waals surface area contributed by atoms with E-state index in [0.717, 1.165) is 28.8 Å². The zero-order valence-corrected chi connectivity index (χ0v) is 15.1. The minimum Gasteiger partial charge on any atom is -0.353 e. The van der Waals surface area contributed by atoms with Crippen LogP contribution >= 0.6 is 39.9 Å². The van der Waals surface area contributed by atoms with Gasteiger partial charge in [0, 0.05) is 24.1 Å². The smallest absolute Gasteiger partial charge is 0.191 e. The molecule has 0 bridgehead atoms. The molecule has 20 heavy (non-hydrogen) atoms. The van der Waals surface area contributed by atoms with E-state index in [1.807, 2.05) is 0 Å². The second kappa shape index (κ2) is 8.61. The Morgan fingerprint density at radius 1 is 1.40 bits per heavy atom. The van der Waals surface area contributed by atoms with Crippen molar-refractivity contribution < 1.29 is 4.39 Å². The van der Waals surface area contributed by atoms with Gasteiger partial charge in [-0.25, -0.2) is 4.39 Å². The first-order valence-electron chi connectivity index (χ1n) is 6.25. The molecule has 0 fully saturated rings. The van der Waals surface area contributed by atoms with Gasteiger partial charge in [0.25, 0.3) is 0 Å². The zero-order valence-electron chi connectivity index (χ0n) is 11.2. The van der Waals surface area contributed by atoms with Crippen molar-refractivity contribution in [2.45, 2.75) is 25.4 Å². The lowest BCUT2D eigenvalue weighted by atomic mass is 10.2. The van der Waals surface area contributed by atoms with E-state index in [1.165, 1.54) is 12.1 Å². The highest BCUT2D eigenvalue weighted by molar-refractivity contribution is 14.0. The van der Waals surface area contributed by atoms with E-state index in [9.17, 15) is 4.39 Å². The molecule has 2 N–H and O–H groups in total. The van der Waals surface area contributed by atoms with Gasteiger partial charge in [0.15, 0.2) is 5.96 Å². The number of nitrogens with zero attached hydrogens (tertiary/aromatic N) is 1. The summed E-state index contributed by atoms with van der Waals surface area (Å²) in [5.41, 5.74) is 0.868. The van der Waals surface area contributed by atoms with Gasteiger partial charge < -0.3 is 10.6 Å². The van der Waals surface area contributed by atoms with Gasteiger partial charge >= 0.3 is 0 Å². The molecule has 0 saturated carbocycles. The fourth-order valence-electron chi connectivity index (χ4n) is 1.98. The van der Waals surface area contributed by atoms with Crippen LogP contribution in [0.4, 0.5) is 4.39 Å². The molecule has 1 aromatic rings. The lowest BCUT2D eigenvalue weighted by Gasteiger charge is -2.17. The summed E-state index contributed by atoms with van der Waals surface area (Å²) in [5.74, 6) is 0.507. The van der Waals surface area contributed by atoms with Gasteiger partial charge in [-0.1, -0.05) is 28.1 Å². The molecule has 0 aromatic heterocycles. The molecule has 6 heteroatoms. The van der Waals surface area contributed by atoms with Crippen molar-refractivity contribution >= 4 is 45.9 Å². The second-order valence-electron chi connectivity index (χ2n) is 4.45. The number of halogens is 3. The van der Waals surface area contributed by atoms with Crippen LogP contribution in [0.3, 0.4) is 0 Å². The lowest BCUT2D eigenvalue weighted by Crippen LogP contribution is -2.42. The summed E-state index contributed by atoms with van der Waals surface area (Å²) < 4.78 is 14.1. The fourth-order valence-corrected chi connectivity index (χ4v) is 2.37. The van der Waals surface area contributed by atoms with E-state index >= 15 is 0 Å². The van der Waals surface area contributed by atoms with Crippen LogP contribution in [0.5, 0.6) is 0 Å². The molecular formula is C14H18BrFIN3. The number of aliphatic imine (C=N–C) groups is 1. The number of hydrogen-bond acceptors (Lipinski definition) is 1. The molecule has 2 rings (SSSR count). The van der Waals surface area contributed by atoms with E-state index in [4.69, 9.17) is 0 Å². The van der Waals surface area contributed by atoms with E-state index in [1.54, 1.807) is 13.1 Å². The van der Waals surface area contributed by atoms with Crippen molar-refractivity contribution in [3.05, 3.63) is 46.2 Å². The first kappa shape index (κ1) is 17.4. The zero-order chi connectivity index (χ0) is 13.7. The number of benzene rings is 1. The van der Waals surface area contributed by atoms with Crippen LogP contribution in [0.2, 0.25) is 0 Å². The molecule has 3 nitrogen and oxygen atoms in total. The molecule has 1 aliphatic carbocycles. The highest BCUT2D eigenvalue weighted by Gasteiger charge is 2.11. The number of nitrogens with one attached hydrogen (secondary N) is 2. The van der Waals surface area contributed by atoms with Crippen molar-refractivity contribution in [3.63, 3.8) is 0 Å². The molecular weight excluding hydrogens is 436 g/mol. The topological polar surface area (TPSA) is 36.4 Å². The summed E-state index contributed by atoms with van der Waals surface area (Å²) in [6, 6.07) is 5.07. The molecule has 1 aliphatic rings. The van der Waals surface area contributed by atoms with Crippen molar-refractivity contribution in [2.75, 3.05) is 7.05 Å². The summed E-state index contributed by atoms with van der Waals surface area (Å²) in [6.45, 7) is 0.526. The first-order chi connectivity index (χ1) is 9.19. The molecule has 0 heterocycles. The minimum atomic E-state index is -0.233. The quantitative estimate of drug-likeness (QED) is 0.317. The Labute approximate surface area is 144 Å². The Kier molecular flexibility index (Phi) is 7.50. The monoisotopic (exact) mass is 453 g/mol. The average molecular weight is 454 g/mol. The fraction of sp³-hybridized carbons (Fsp3) is 0.357. The van der Waals surface area contributed by atoms with E-state index in [-0.39, 0.29) is 29.8 Å². The Hall–Kier alpha value is -0.630. The maximum absolute atomic E-state index is 13.2. The standard InChI is InChI=1S/C14H17BrFN3.HI/c1-17-14(19-12-4-2-3-5-12)18-9-10-8-11(16)6-7-13(10)15;/h2-3,6-8,12H,4-5,9H2,1H3,(H2,17,18,19);1H. The summed E-state index contributed by atoms with van der Waals surface area (Å²) >= 11 is 3.41. The predicted octanol–water partition coefficient (Wildman–Crippen LogP) is 3.59. The average Bonchev–Trinajstić information content (AvgIpc) is 2.91. The molecule has 110 valence electrons. The lowest BCUT2D eigenvalue weighted by molar-refractivity contribution is 0.620. The summed E-state index contributed by atoms with van der Waals surface area (Å²) in [5, 5.41) is 6.53.